The van der Waals surface area contributed by atoms with E-state index < -0.39 is 18.0 Å². The molecule has 0 radical (unpaired) electrons. The number of aliphatic hydroxyl groups is 1. The van der Waals surface area contributed by atoms with Gasteiger partial charge in [-0.3, -0.25) is 4.90 Å². The number of aryl methyl sites for hydroxylation is 1. The molecule has 2 bridgehead atoms. The van der Waals surface area contributed by atoms with Gasteiger partial charge in [0.15, 0.2) is 0 Å². The molecule has 2 fully saturated rings. The Morgan fingerprint density at radius 2 is 2.14 bits per heavy atom. The fourth-order valence-electron chi connectivity index (χ4n) is 5.53. The summed E-state index contributed by atoms with van der Waals surface area (Å²) in [6.07, 6.45) is 0.439. The van der Waals surface area contributed by atoms with E-state index in [2.05, 4.69) is 9.88 Å². The van der Waals surface area contributed by atoms with E-state index in [4.69, 9.17) is 9.72 Å². The molecule has 2 aromatic heterocycles. The Kier molecular flexibility index (Phi) is 3.90. The van der Waals surface area contributed by atoms with Crippen LogP contribution in [0.15, 0.2) is 6.20 Å². The van der Waals surface area contributed by atoms with Crippen molar-refractivity contribution in [2.24, 2.45) is 0 Å². The summed E-state index contributed by atoms with van der Waals surface area (Å²) in [5.74, 6) is 0.291. The van der Waals surface area contributed by atoms with Crippen molar-refractivity contribution in [1.29, 1.82) is 0 Å². The lowest BCUT2D eigenvalue weighted by Crippen LogP contribution is -2.64. The number of amides is 1. The van der Waals surface area contributed by atoms with Gasteiger partial charge in [0, 0.05) is 23.2 Å². The highest BCUT2D eigenvalue weighted by atomic mass is 19.1. The van der Waals surface area contributed by atoms with Crippen molar-refractivity contribution in [2.45, 2.75) is 63.9 Å². The topological polar surface area (TPSA) is 99.0 Å². The first kappa shape index (κ1) is 18.4. The average Bonchev–Trinajstić information content (AvgIpc) is 2.90. The maximum atomic E-state index is 14.9. The van der Waals surface area contributed by atoms with Crippen molar-refractivity contribution in [2.75, 3.05) is 11.4 Å². The molecule has 1 amide bonds. The van der Waals surface area contributed by atoms with Gasteiger partial charge in [-0.25, -0.2) is 19.2 Å². The van der Waals surface area contributed by atoms with Gasteiger partial charge < -0.3 is 19.8 Å². The maximum absolute atomic E-state index is 14.9. The Hall–Kier alpha value is -2.68. The number of aromatic nitrogens is 2. The van der Waals surface area contributed by atoms with Crippen molar-refractivity contribution < 1.29 is 24.1 Å². The van der Waals surface area contributed by atoms with E-state index in [0.29, 0.717) is 29.0 Å². The van der Waals surface area contributed by atoms with Gasteiger partial charge in [-0.05, 0) is 33.6 Å². The highest BCUT2D eigenvalue weighted by Gasteiger charge is 2.52. The number of carboxylic acid groups (broad SMARTS) is 1. The summed E-state index contributed by atoms with van der Waals surface area (Å²) >= 11 is 0. The first-order chi connectivity index (χ1) is 13.8. The number of aliphatic hydroxyl groups excluding tert-OH is 1. The predicted molar refractivity (Wildman–Crippen MR) is 103 cm³/mol. The van der Waals surface area contributed by atoms with Crippen LogP contribution in [0.5, 0.6) is 5.88 Å². The van der Waals surface area contributed by atoms with E-state index in [9.17, 15) is 19.4 Å². The molecule has 4 unspecified atom stereocenters. The molecule has 29 heavy (non-hydrogen) atoms. The van der Waals surface area contributed by atoms with Crippen molar-refractivity contribution in [1.82, 2.24) is 14.9 Å². The minimum absolute atomic E-state index is 0.141. The second kappa shape index (κ2) is 6.16. The van der Waals surface area contributed by atoms with Crippen LogP contribution in [0.3, 0.4) is 0 Å². The minimum atomic E-state index is -0.922. The maximum Gasteiger partial charge on any atom is 0.407 e. The predicted octanol–water partition coefficient (Wildman–Crippen LogP) is 2.61. The van der Waals surface area contributed by atoms with E-state index >= 15 is 0 Å². The number of halogens is 1. The lowest BCUT2D eigenvalue weighted by molar-refractivity contribution is 0.0707. The van der Waals surface area contributed by atoms with Crippen molar-refractivity contribution >= 4 is 22.7 Å². The van der Waals surface area contributed by atoms with Crippen LogP contribution in [0.2, 0.25) is 0 Å². The van der Waals surface area contributed by atoms with Gasteiger partial charge in [0.05, 0.1) is 35.8 Å². The zero-order valence-electron chi connectivity index (χ0n) is 16.5. The van der Waals surface area contributed by atoms with Crippen LogP contribution in [-0.4, -0.2) is 61.9 Å². The molecule has 5 rings (SSSR count). The zero-order valence-corrected chi connectivity index (χ0v) is 16.5. The summed E-state index contributed by atoms with van der Waals surface area (Å²) in [6, 6.07) is -0.624. The number of piperazine rings is 1. The van der Waals surface area contributed by atoms with Crippen LogP contribution in [0.25, 0.3) is 10.8 Å². The lowest BCUT2D eigenvalue weighted by atomic mass is 9.97. The third-order valence-electron chi connectivity index (χ3n) is 6.55. The standard InChI is InChI=1S/C20H23FN4O4/c1-8-14(9(2)26)15-12(21)6-22-19-16(15)18(23-8)24-7-11-4-5-13(25(11)20(27)28)17(24)10(3)29-19/h6,9-11,13,17,26H,4-5,7H2,1-3H3,(H,27,28)/t9-,10?,11?,13?,17?/m0/s1. The number of fused-ring (bicyclic) bond motifs is 5. The van der Waals surface area contributed by atoms with Gasteiger partial charge in [-0.2, -0.15) is 0 Å². The number of rotatable bonds is 1. The normalized spacial score (nSPS) is 28.7. The second-order valence-corrected chi connectivity index (χ2v) is 8.23. The van der Waals surface area contributed by atoms with E-state index in [0.717, 1.165) is 19.0 Å². The monoisotopic (exact) mass is 402 g/mol. The lowest BCUT2D eigenvalue weighted by Gasteiger charge is -2.47. The summed E-state index contributed by atoms with van der Waals surface area (Å²) in [6.45, 7) is 5.69. The van der Waals surface area contributed by atoms with Crippen LogP contribution in [0, 0.1) is 12.7 Å². The Bertz CT molecular complexity index is 1030. The summed E-state index contributed by atoms with van der Waals surface area (Å²) in [4.78, 5) is 24.4. The molecule has 0 aliphatic carbocycles. The van der Waals surface area contributed by atoms with Crippen LogP contribution in [-0.2, 0) is 0 Å². The quantitative estimate of drug-likeness (QED) is 0.756. The molecular formula is C20H23FN4O4. The molecule has 0 saturated carbocycles. The largest absolute Gasteiger partial charge is 0.472 e. The molecule has 5 heterocycles. The Balaban J connectivity index is 1.78. The molecule has 3 aliphatic rings. The van der Waals surface area contributed by atoms with Crippen LogP contribution in [0.4, 0.5) is 15.0 Å². The van der Waals surface area contributed by atoms with Crippen molar-refractivity contribution in [3.05, 3.63) is 23.3 Å². The number of ether oxygens (including phenoxy) is 1. The molecule has 2 aromatic rings. The van der Waals surface area contributed by atoms with E-state index in [1.165, 1.54) is 0 Å². The van der Waals surface area contributed by atoms with Gasteiger partial charge in [0.25, 0.3) is 0 Å². The first-order valence-electron chi connectivity index (χ1n) is 9.91. The molecule has 8 nitrogen and oxygen atoms in total. The molecule has 0 aromatic carbocycles. The average molecular weight is 402 g/mol. The summed E-state index contributed by atoms with van der Waals surface area (Å²) in [7, 11) is 0. The van der Waals surface area contributed by atoms with E-state index in [1.54, 1.807) is 18.7 Å². The van der Waals surface area contributed by atoms with Crippen molar-refractivity contribution in [3.8, 4) is 5.88 Å². The Labute approximate surface area is 166 Å². The molecule has 2 N–H and O–H groups in total. The zero-order chi connectivity index (χ0) is 20.6. The number of nitrogens with zero attached hydrogens (tertiary/aromatic N) is 4. The van der Waals surface area contributed by atoms with Gasteiger partial charge in [-0.1, -0.05) is 0 Å². The molecule has 0 spiro atoms. The highest BCUT2D eigenvalue weighted by molar-refractivity contribution is 6.00. The third kappa shape index (κ3) is 2.43. The van der Waals surface area contributed by atoms with Gasteiger partial charge in [0.1, 0.15) is 17.7 Å². The van der Waals surface area contributed by atoms with Gasteiger partial charge >= 0.3 is 6.09 Å². The smallest absolute Gasteiger partial charge is 0.407 e. The first-order valence-corrected chi connectivity index (χ1v) is 9.91. The van der Waals surface area contributed by atoms with Crippen LogP contribution < -0.4 is 9.64 Å². The van der Waals surface area contributed by atoms with Crippen LogP contribution in [0.1, 0.15) is 44.1 Å². The summed E-state index contributed by atoms with van der Waals surface area (Å²) < 4.78 is 21.1. The molecule has 5 atom stereocenters. The summed E-state index contributed by atoms with van der Waals surface area (Å²) in [5.41, 5.74) is 0.964. The minimum Gasteiger partial charge on any atom is -0.472 e. The van der Waals surface area contributed by atoms with Gasteiger partial charge in [0.2, 0.25) is 5.88 Å². The summed E-state index contributed by atoms with van der Waals surface area (Å²) in [5, 5.41) is 20.7. The number of carbonyl (C=O) groups is 1. The number of hydrogen-bond acceptors (Lipinski definition) is 6. The number of pyridine rings is 2. The molecular weight excluding hydrogens is 379 g/mol. The highest BCUT2D eigenvalue weighted by Crippen LogP contribution is 2.46. The Morgan fingerprint density at radius 3 is 2.83 bits per heavy atom. The second-order valence-electron chi connectivity index (χ2n) is 8.23. The Morgan fingerprint density at radius 1 is 1.38 bits per heavy atom. The van der Waals surface area contributed by atoms with Crippen LogP contribution >= 0.6 is 0 Å². The third-order valence-corrected chi connectivity index (χ3v) is 6.55. The number of anilines is 1. The van der Waals surface area contributed by atoms with E-state index in [-0.39, 0.29) is 35.5 Å². The molecule has 3 aliphatic heterocycles. The molecule has 154 valence electrons. The van der Waals surface area contributed by atoms with Gasteiger partial charge in [-0.15, -0.1) is 0 Å². The SMILES string of the molecule is Cc1nc2c3c(ncc(F)c3c1[C@H](C)O)OC(C)C1C3CCC(CN21)N3C(=O)O. The molecule has 2 saturated heterocycles. The fraction of sp³-hybridized carbons (Fsp3) is 0.550. The fourth-order valence-corrected chi connectivity index (χ4v) is 5.53. The van der Waals surface area contributed by atoms with Crippen molar-refractivity contribution in [3.63, 3.8) is 0 Å². The number of hydrogen-bond donors (Lipinski definition) is 2. The van der Waals surface area contributed by atoms with E-state index in [1.807, 2.05) is 6.92 Å². The molecule has 9 heteroatoms.